The van der Waals surface area contributed by atoms with Crippen molar-refractivity contribution >= 4 is 40.8 Å². The second-order valence-corrected chi connectivity index (χ2v) is 4.98. The number of aliphatic carboxylic acids is 1. The van der Waals surface area contributed by atoms with E-state index >= 15 is 0 Å². The number of hydrogen-bond acceptors (Lipinski definition) is 6. The minimum atomic E-state index is -0.956. The van der Waals surface area contributed by atoms with Crippen molar-refractivity contribution in [1.29, 1.82) is 0 Å². The van der Waals surface area contributed by atoms with Crippen LogP contribution in [-0.2, 0) is 4.79 Å². The fourth-order valence-electron chi connectivity index (χ4n) is 0.478. The number of hydrogen-bond donors (Lipinski definition) is 1. The van der Waals surface area contributed by atoms with Crippen LogP contribution in [0.3, 0.4) is 0 Å². The molecule has 4 nitrogen and oxygen atoms in total. The molecule has 0 amide bonds. The molecule has 1 aromatic heterocycles. The molecule has 1 aromatic rings. The lowest BCUT2D eigenvalue weighted by Crippen LogP contribution is -1.84. The zero-order valence-electron chi connectivity index (χ0n) is 6.63. The number of carboxylic acids is 1. The van der Waals surface area contributed by atoms with Crippen LogP contribution in [0.15, 0.2) is 20.2 Å². The Balaban J connectivity index is 2.50. The van der Waals surface area contributed by atoms with Gasteiger partial charge in [-0.25, -0.2) is 4.79 Å². The van der Waals surface area contributed by atoms with Gasteiger partial charge < -0.3 is 5.11 Å². The Kier molecular flexibility index (Phi) is 4.26. The van der Waals surface area contributed by atoms with Crippen molar-refractivity contribution in [3.8, 4) is 0 Å². The predicted octanol–water partition coefficient (Wildman–Crippen LogP) is 1.95. The van der Waals surface area contributed by atoms with E-state index < -0.39 is 5.97 Å². The fourth-order valence-corrected chi connectivity index (χ4v) is 2.63. The summed E-state index contributed by atoms with van der Waals surface area (Å²) in [6, 6.07) is 0. The monoisotopic (exact) mass is 234 g/mol. The van der Waals surface area contributed by atoms with Gasteiger partial charge in [0, 0.05) is 6.08 Å². The van der Waals surface area contributed by atoms with Crippen molar-refractivity contribution in [3.05, 3.63) is 11.5 Å². The van der Waals surface area contributed by atoms with Crippen LogP contribution in [0.25, 0.3) is 0 Å². The summed E-state index contributed by atoms with van der Waals surface area (Å²) >= 11 is 4.22. The van der Waals surface area contributed by atoms with Crippen molar-refractivity contribution in [2.75, 3.05) is 6.26 Å². The Hall–Kier alpha value is -0.530. The Morgan fingerprint density at radius 3 is 2.77 bits per heavy atom. The molecule has 0 fully saturated rings. The van der Waals surface area contributed by atoms with Crippen molar-refractivity contribution in [3.63, 3.8) is 0 Å². The topological polar surface area (TPSA) is 63.1 Å². The van der Waals surface area contributed by atoms with E-state index in [0.717, 1.165) is 14.8 Å². The van der Waals surface area contributed by atoms with Crippen LogP contribution in [0, 0.1) is 0 Å². The molecule has 0 spiro atoms. The Morgan fingerprint density at radius 2 is 2.23 bits per heavy atom. The SMILES string of the molecule is CSc1nnc(S/C=C/C(=O)O)s1. The molecule has 0 unspecified atom stereocenters. The van der Waals surface area contributed by atoms with Crippen LogP contribution in [-0.4, -0.2) is 27.5 Å². The van der Waals surface area contributed by atoms with Crippen molar-refractivity contribution in [2.45, 2.75) is 8.68 Å². The molecule has 1 N–H and O–H groups in total. The first-order chi connectivity index (χ1) is 6.22. The third-order valence-electron chi connectivity index (χ3n) is 0.942. The molecule has 70 valence electrons. The van der Waals surface area contributed by atoms with Crippen molar-refractivity contribution in [2.24, 2.45) is 0 Å². The molecule has 1 heterocycles. The third kappa shape index (κ3) is 3.79. The number of nitrogens with zero attached hydrogens (tertiary/aromatic N) is 2. The number of aromatic nitrogens is 2. The average molecular weight is 234 g/mol. The van der Waals surface area contributed by atoms with E-state index in [2.05, 4.69) is 10.2 Å². The molecule has 0 bridgehead atoms. The van der Waals surface area contributed by atoms with Gasteiger partial charge in [0.1, 0.15) is 0 Å². The van der Waals surface area contributed by atoms with Crippen molar-refractivity contribution in [1.82, 2.24) is 10.2 Å². The maximum absolute atomic E-state index is 10.1. The van der Waals surface area contributed by atoms with Gasteiger partial charge in [-0.1, -0.05) is 34.9 Å². The maximum atomic E-state index is 10.1. The second kappa shape index (κ2) is 5.25. The summed E-state index contributed by atoms with van der Waals surface area (Å²) in [6.45, 7) is 0. The molecular weight excluding hydrogens is 228 g/mol. The Labute approximate surface area is 87.5 Å². The van der Waals surface area contributed by atoms with E-state index in [1.807, 2.05) is 6.26 Å². The fraction of sp³-hybridized carbons (Fsp3) is 0.167. The van der Waals surface area contributed by atoms with Gasteiger partial charge in [0.25, 0.3) is 0 Å². The molecule has 1 rings (SSSR count). The molecule has 0 radical (unpaired) electrons. The van der Waals surface area contributed by atoms with Gasteiger partial charge in [0.2, 0.25) is 0 Å². The largest absolute Gasteiger partial charge is 0.478 e. The highest BCUT2D eigenvalue weighted by Crippen LogP contribution is 2.27. The first-order valence-corrected chi connectivity index (χ1v) is 6.08. The summed E-state index contributed by atoms with van der Waals surface area (Å²) in [4.78, 5) is 10.1. The van der Waals surface area contributed by atoms with Gasteiger partial charge in [-0.2, -0.15) is 0 Å². The minimum absolute atomic E-state index is 0.752. The van der Waals surface area contributed by atoms with Gasteiger partial charge in [0.15, 0.2) is 8.68 Å². The molecule has 0 aliphatic rings. The number of carboxylic acid groups (broad SMARTS) is 1. The highest BCUT2D eigenvalue weighted by molar-refractivity contribution is 8.04. The predicted molar refractivity (Wildman–Crippen MR) is 54.3 cm³/mol. The first-order valence-electron chi connectivity index (χ1n) is 3.16. The van der Waals surface area contributed by atoms with Crippen LogP contribution < -0.4 is 0 Å². The number of carbonyl (C=O) groups is 1. The summed E-state index contributed by atoms with van der Waals surface area (Å²) in [5.74, 6) is -0.956. The zero-order valence-corrected chi connectivity index (χ0v) is 9.08. The van der Waals surface area contributed by atoms with Gasteiger partial charge in [-0.3, -0.25) is 0 Å². The highest BCUT2D eigenvalue weighted by atomic mass is 32.2. The third-order valence-corrected chi connectivity index (χ3v) is 3.73. The number of thioether (sulfide) groups is 2. The second-order valence-electron chi connectivity index (χ2n) is 1.80. The Bertz CT molecular complexity index is 323. The quantitative estimate of drug-likeness (QED) is 0.634. The van der Waals surface area contributed by atoms with Crippen LogP contribution >= 0.6 is 34.9 Å². The lowest BCUT2D eigenvalue weighted by Gasteiger charge is -1.82. The van der Waals surface area contributed by atoms with Gasteiger partial charge in [-0.15, -0.1) is 10.2 Å². The molecule has 0 atom stereocenters. The lowest BCUT2D eigenvalue weighted by atomic mass is 10.7. The molecule has 0 saturated heterocycles. The van der Waals surface area contributed by atoms with Gasteiger partial charge >= 0.3 is 5.97 Å². The molecule has 13 heavy (non-hydrogen) atoms. The summed E-state index contributed by atoms with van der Waals surface area (Å²) < 4.78 is 1.63. The van der Waals surface area contributed by atoms with E-state index in [9.17, 15) is 4.79 Å². The zero-order chi connectivity index (χ0) is 9.68. The molecule has 0 aliphatic heterocycles. The number of rotatable bonds is 4. The van der Waals surface area contributed by atoms with E-state index in [1.54, 1.807) is 0 Å². The summed E-state index contributed by atoms with van der Waals surface area (Å²) in [5, 5.41) is 17.5. The van der Waals surface area contributed by atoms with E-state index in [4.69, 9.17) is 5.11 Å². The van der Waals surface area contributed by atoms with Crippen LogP contribution in [0.2, 0.25) is 0 Å². The van der Waals surface area contributed by atoms with Crippen molar-refractivity contribution < 1.29 is 9.90 Å². The van der Waals surface area contributed by atoms with Gasteiger partial charge in [0.05, 0.1) is 0 Å². The first kappa shape index (κ1) is 10.6. The van der Waals surface area contributed by atoms with Gasteiger partial charge in [-0.05, 0) is 11.7 Å². The molecule has 0 aliphatic carbocycles. The molecule has 7 heteroatoms. The van der Waals surface area contributed by atoms with Crippen LogP contribution in [0.4, 0.5) is 0 Å². The van der Waals surface area contributed by atoms with E-state index in [0.29, 0.717) is 0 Å². The summed E-state index contributed by atoms with van der Waals surface area (Å²) in [7, 11) is 0. The van der Waals surface area contributed by atoms with Crippen LogP contribution in [0.5, 0.6) is 0 Å². The van der Waals surface area contributed by atoms with E-state index in [-0.39, 0.29) is 0 Å². The van der Waals surface area contributed by atoms with Crippen LogP contribution in [0.1, 0.15) is 0 Å². The standard InChI is InChI=1S/C6H6N2O2S3/c1-11-5-7-8-6(13-5)12-3-2-4(9)10/h2-3H,1H3,(H,9,10)/b3-2+. The molecular formula is C6H6N2O2S3. The lowest BCUT2D eigenvalue weighted by molar-refractivity contribution is -0.131. The highest BCUT2D eigenvalue weighted by Gasteiger charge is 2.01. The Morgan fingerprint density at radius 1 is 1.54 bits per heavy atom. The normalized spacial score (nSPS) is 10.8. The summed E-state index contributed by atoms with van der Waals surface area (Å²) in [6.07, 6.45) is 2.99. The molecule has 0 aromatic carbocycles. The average Bonchev–Trinajstić information content (AvgIpc) is 2.52. The maximum Gasteiger partial charge on any atom is 0.328 e. The molecule has 0 saturated carbocycles. The smallest absolute Gasteiger partial charge is 0.328 e. The van der Waals surface area contributed by atoms with E-state index in [1.165, 1.54) is 40.3 Å². The summed E-state index contributed by atoms with van der Waals surface area (Å²) in [5.41, 5.74) is 0. The minimum Gasteiger partial charge on any atom is -0.478 e.